The van der Waals surface area contributed by atoms with Crippen LogP contribution in [0.15, 0.2) is 83.3 Å². The van der Waals surface area contributed by atoms with Crippen molar-refractivity contribution in [3.8, 4) is 0 Å². The topological polar surface area (TPSA) is 58.4 Å². The molecule has 33 heavy (non-hydrogen) atoms. The van der Waals surface area contributed by atoms with Crippen LogP contribution in [-0.2, 0) is 16.1 Å². The third kappa shape index (κ3) is 4.16. The summed E-state index contributed by atoms with van der Waals surface area (Å²) >= 11 is 3.49. The first-order valence-electron chi connectivity index (χ1n) is 10.8. The van der Waals surface area contributed by atoms with E-state index in [2.05, 4.69) is 15.9 Å². The Kier molecular flexibility index (Phi) is 5.72. The summed E-state index contributed by atoms with van der Waals surface area (Å²) < 4.78 is 2.90. The average Bonchev–Trinajstić information content (AvgIpc) is 3.39. The van der Waals surface area contributed by atoms with Gasteiger partial charge in [-0.05, 0) is 42.5 Å². The molecule has 1 aliphatic rings. The molecule has 0 saturated carbocycles. The highest BCUT2D eigenvalue weighted by atomic mass is 79.9. The number of benzene rings is 3. The van der Waals surface area contributed by atoms with Crippen LogP contribution in [0.25, 0.3) is 11.0 Å². The van der Waals surface area contributed by atoms with Crippen LogP contribution in [-0.4, -0.2) is 35.0 Å². The molecule has 0 bridgehead atoms. The molecule has 3 aromatic carbocycles. The predicted octanol–water partition coefficient (Wildman–Crippen LogP) is 4.98. The lowest BCUT2D eigenvalue weighted by Crippen LogP contribution is -2.31. The molecular weight excluding hydrogens is 480 g/mol. The van der Waals surface area contributed by atoms with E-state index in [-0.39, 0.29) is 24.3 Å². The van der Waals surface area contributed by atoms with Crippen LogP contribution in [0.3, 0.4) is 0 Å². The Hall–Kier alpha value is -3.45. The second-order valence-electron chi connectivity index (χ2n) is 8.22. The van der Waals surface area contributed by atoms with Gasteiger partial charge in [0.2, 0.25) is 11.8 Å². The monoisotopic (exact) mass is 502 g/mol. The van der Waals surface area contributed by atoms with Crippen molar-refractivity contribution in [3.05, 3.63) is 89.2 Å². The number of hydrogen-bond acceptors (Lipinski definition) is 3. The van der Waals surface area contributed by atoms with Crippen molar-refractivity contribution in [2.24, 2.45) is 0 Å². The molecule has 1 fully saturated rings. The van der Waals surface area contributed by atoms with Gasteiger partial charge >= 0.3 is 0 Å². The van der Waals surface area contributed by atoms with E-state index < -0.39 is 0 Å². The molecule has 1 saturated heterocycles. The molecule has 166 valence electrons. The Balaban J connectivity index is 1.47. The van der Waals surface area contributed by atoms with Crippen LogP contribution in [0.5, 0.6) is 0 Å². The Morgan fingerprint density at radius 3 is 2.61 bits per heavy atom. The number of nitrogens with zero attached hydrogens (tertiary/aromatic N) is 4. The number of likely N-dealkylation sites (N-methyl/N-ethyl adjacent to an activating group) is 1. The van der Waals surface area contributed by atoms with E-state index in [0.29, 0.717) is 13.0 Å². The smallest absolute Gasteiger partial charge is 0.246 e. The number of halogens is 1. The lowest BCUT2D eigenvalue weighted by atomic mass is 10.1. The largest absolute Gasteiger partial charge is 0.318 e. The minimum absolute atomic E-state index is 0.0428. The molecule has 0 aliphatic carbocycles. The number of para-hydroxylation sites is 3. The van der Waals surface area contributed by atoms with Crippen molar-refractivity contribution in [3.63, 3.8) is 0 Å². The summed E-state index contributed by atoms with van der Waals surface area (Å²) in [7, 11) is 1.78. The van der Waals surface area contributed by atoms with E-state index in [1.54, 1.807) is 16.8 Å². The fourth-order valence-corrected chi connectivity index (χ4v) is 4.77. The zero-order chi connectivity index (χ0) is 22.9. The maximum Gasteiger partial charge on any atom is 0.246 e. The van der Waals surface area contributed by atoms with Gasteiger partial charge in [-0.1, -0.05) is 52.3 Å². The first kappa shape index (κ1) is 21.4. The summed E-state index contributed by atoms with van der Waals surface area (Å²) in [5.74, 6) is 0.693. The van der Waals surface area contributed by atoms with E-state index in [9.17, 15) is 9.59 Å². The molecule has 0 radical (unpaired) electrons. The highest BCUT2D eigenvalue weighted by Gasteiger charge is 2.35. The first-order valence-corrected chi connectivity index (χ1v) is 11.6. The van der Waals surface area contributed by atoms with Crippen molar-refractivity contribution < 1.29 is 9.59 Å². The fraction of sp³-hybridized carbons (Fsp3) is 0.192. The SMILES string of the molecule is CN(C(=O)Cn1c(C2CC(=O)N(c3cccc(Br)c3)C2)nc2ccccc21)c1ccccc1. The number of anilines is 2. The normalized spacial score (nSPS) is 15.9. The van der Waals surface area contributed by atoms with Crippen LogP contribution in [0.4, 0.5) is 11.4 Å². The molecule has 2 heterocycles. The van der Waals surface area contributed by atoms with Crippen LogP contribution < -0.4 is 9.80 Å². The summed E-state index contributed by atoms with van der Waals surface area (Å²) in [6.07, 6.45) is 0.360. The highest BCUT2D eigenvalue weighted by Crippen LogP contribution is 2.34. The van der Waals surface area contributed by atoms with E-state index in [0.717, 1.165) is 32.7 Å². The zero-order valence-electron chi connectivity index (χ0n) is 18.2. The number of hydrogen-bond donors (Lipinski definition) is 0. The molecule has 2 amide bonds. The van der Waals surface area contributed by atoms with Gasteiger partial charge in [-0.2, -0.15) is 0 Å². The van der Waals surface area contributed by atoms with Crippen molar-refractivity contribution in [1.29, 1.82) is 0 Å². The summed E-state index contributed by atoms with van der Waals surface area (Å²) in [5.41, 5.74) is 3.43. The van der Waals surface area contributed by atoms with Gasteiger partial charge in [0.1, 0.15) is 12.4 Å². The van der Waals surface area contributed by atoms with Crippen molar-refractivity contribution >= 4 is 50.2 Å². The quantitative estimate of drug-likeness (QED) is 0.386. The predicted molar refractivity (Wildman–Crippen MR) is 133 cm³/mol. The molecule has 1 aromatic heterocycles. The van der Waals surface area contributed by atoms with Crippen molar-refractivity contribution in [1.82, 2.24) is 9.55 Å². The van der Waals surface area contributed by atoms with E-state index in [1.807, 2.05) is 83.4 Å². The van der Waals surface area contributed by atoms with E-state index in [4.69, 9.17) is 4.98 Å². The fourth-order valence-electron chi connectivity index (χ4n) is 4.38. The summed E-state index contributed by atoms with van der Waals surface area (Å²) in [5, 5.41) is 0. The molecule has 1 aliphatic heterocycles. The number of fused-ring (bicyclic) bond motifs is 1. The van der Waals surface area contributed by atoms with Gasteiger partial charge in [-0.15, -0.1) is 0 Å². The minimum Gasteiger partial charge on any atom is -0.318 e. The standard InChI is InChI=1S/C26H23BrN4O2/c1-29(20-9-3-2-4-10-20)25(33)17-31-23-13-6-5-12-22(23)28-26(31)18-14-24(32)30(16-18)21-11-7-8-19(27)15-21/h2-13,15,18H,14,16-17H2,1H3. The van der Waals surface area contributed by atoms with Gasteiger partial charge in [0.05, 0.1) is 11.0 Å². The summed E-state index contributed by atoms with van der Waals surface area (Å²) in [6.45, 7) is 0.685. The second kappa shape index (κ2) is 8.83. The summed E-state index contributed by atoms with van der Waals surface area (Å²) in [6, 6.07) is 25.1. The molecule has 7 heteroatoms. The minimum atomic E-state index is -0.0984. The van der Waals surface area contributed by atoms with Crippen LogP contribution in [0.2, 0.25) is 0 Å². The maximum atomic E-state index is 13.2. The van der Waals surface area contributed by atoms with Gasteiger partial charge in [0.15, 0.2) is 0 Å². The molecular formula is C26H23BrN4O2. The number of rotatable bonds is 5. The van der Waals surface area contributed by atoms with Gasteiger partial charge in [-0.3, -0.25) is 9.59 Å². The van der Waals surface area contributed by atoms with Crippen LogP contribution in [0, 0.1) is 0 Å². The zero-order valence-corrected chi connectivity index (χ0v) is 19.8. The molecule has 6 nitrogen and oxygen atoms in total. The number of amides is 2. The highest BCUT2D eigenvalue weighted by molar-refractivity contribution is 9.10. The third-order valence-electron chi connectivity index (χ3n) is 6.11. The molecule has 4 aromatic rings. The number of carbonyl (C=O) groups is 2. The number of aromatic nitrogens is 2. The Bertz CT molecular complexity index is 1330. The Morgan fingerprint density at radius 2 is 1.82 bits per heavy atom. The van der Waals surface area contributed by atoms with Crippen LogP contribution >= 0.6 is 15.9 Å². The van der Waals surface area contributed by atoms with Crippen molar-refractivity contribution in [2.45, 2.75) is 18.9 Å². The van der Waals surface area contributed by atoms with E-state index in [1.165, 1.54) is 0 Å². The average molecular weight is 503 g/mol. The van der Waals surface area contributed by atoms with Crippen molar-refractivity contribution in [2.75, 3.05) is 23.4 Å². The maximum absolute atomic E-state index is 13.2. The first-order chi connectivity index (χ1) is 16.0. The molecule has 0 spiro atoms. The number of imidazole rings is 1. The molecule has 5 rings (SSSR count). The number of carbonyl (C=O) groups excluding carboxylic acids is 2. The Labute approximate surface area is 200 Å². The molecule has 1 atom stereocenters. The lowest BCUT2D eigenvalue weighted by molar-refractivity contribution is -0.119. The van der Waals surface area contributed by atoms with Gasteiger partial charge in [0, 0.05) is 41.8 Å². The van der Waals surface area contributed by atoms with E-state index >= 15 is 0 Å². The molecule has 0 N–H and O–H groups in total. The molecule has 1 unspecified atom stereocenters. The van der Waals surface area contributed by atoms with Gasteiger partial charge in [0.25, 0.3) is 0 Å². The van der Waals surface area contributed by atoms with Gasteiger partial charge in [-0.25, -0.2) is 4.98 Å². The third-order valence-corrected chi connectivity index (χ3v) is 6.60. The lowest BCUT2D eigenvalue weighted by Gasteiger charge is -2.20. The summed E-state index contributed by atoms with van der Waals surface area (Å²) in [4.78, 5) is 34.4. The second-order valence-corrected chi connectivity index (χ2v) is 9.13. The van der Waals surface area contributed by atoms with Crippen LogP contribution in [0.1, 0.15) is 18.2 Å². The van der Waals surface area contributed by atoms with Gasteiger partial charge < -0.3 is 14.4 Å². The Morgan fingerprint density at radius 1 is 1.06 bits per heavy atom.